The fourth-order valence-corrected chi connectivity index (χ4v) is 2.25. The second-order valence-electron chi connectivity index (χ2n) is 2.61. The molecule has 70 valence electrons. The van der Waals surface area contributed by atoms with Crippen LogP contribution in [-0.4, -0.2) is 18.3 Å². The van der Waals surface area contributed by atoms with Gasteiger partial charge < -0.3 is 4.79 Å². The topological polar surface area (TPSA) is 17.1 Å². The molecule has 0 unspecified atom stereocenters. The number of aldehydes is 1. The summed E-state index contributed by atoms with van der Waals surface area (Å²) in [5, 5.41) is 0. The van der Waals surface area contributed by atoms with Crippen molar-refractivity contribution < 1.29 is 4.79 Å². The molecule has 13 heavy (non-hydrogen) atoms. The molecule has 0 radical (unpaired) electrons. The molecule has 0 bridgehead atoms. The minimum absolute atomic E-state index is 0.540. The van der Waals surface area contributed by atoms with Crippen LogP contribution in [0.5, 0.6) is 0 Å². The lowest BCUT2D eigenvalue weighted by Gasteiger charge is -2.04. The molecule has 0 aromatic heterocycles. The molecule has 0 fully saturated rings. The number of carbonyl (C=O) groups is 1. The number of hydrogen-bond acceptors (Lipinski definition) is 3. The lowest BCUT2D eigenvalue weighted by atomic mass is 10.2. The summed E-state index contributed by atoms with van der Waals surface area (Å²) in [6.07, 6.45) is 2.99. The smallest absolute Gasteiger partial charge is 0.130 e. The largest absolute Gasteiger partial charge is 0.302 e. The number of hydrogen-bond donors (Lipinski definition) is 0. The highest BCUT2D eigenvalue weighted by Crippen LogP contribution is 2.26. The van der Waals surface area contributed by atoms with Crippen molar-refractivity contribution in [1.29, 1.82) is 0 Å². The molecule has 0 aliphatic heterocycles. The molecule has 0 amide bonds. The van der Waals surface area contributed by atoms with Gasteiger partial charge in [-0.25, -0.2) is 0 Å². The maximum atomic E-state index is 10.2. The van der Waals surface area contributed by atoms with Crippen LogP contribution in [0.25, 0.3) is 0 Å². The van der Waals surface area contributed by atoms with Crippen LogP contribution in [-0.2, 0) is 4.79 Å². The number of carbonyl (C=O) groups excluding carboxylic acids is 1. The Kier molecular flexibility index (Phi) is 4.39. The molecule has 1 nitrogen and oxygen atoms in total. The molecule has 1 aromatic carbocycles. The van der Waals surface area contributed by atoms with Gasteiger partial charge in [-0.3, -0.25) is 0 Å². The average molecular weight is 212 g/mol. The molecule has 1 aromatic rings. The first-order valence-electron chi connectivity index (χ1n) is 3.99. The van der Waals surface area contributed by atoms with E-state index in [1.165, 1.54) is 15.4 Å². The van der Waals surface area contributed by atoms with E-state index in [2.05, 4.69) is 31.4 Å². The zero-order chi connectivity index (χ0) is 9.68. The summed E-state index contributed by atoms with van der Waals surface area (Å²) in [5.41, 5.74) is 1.24. The van der Waals surface area contributed by atoms with E-state index < -0.39 is 0 Å². The van der Waals surface area contributed by atoms with Crippen molar-refractivity contribution in [1.82, 2.24) is 0 Å². The van der Waals surface area contributed by atoms with Crippen molar-refractivity contribution in [3.8, 4) is 0 Å². The number of benzene rings is 1. The van der Waals surface area contributed by atoms with Gasteiger partial charge >= 0.3 is 0 Å². The molecule has 0 aliphatic rings. The Bertz CT molecular complexity index is 297. The molecule has 0 heterocycles. The molecule has 3 heteroatoms. The minimum Gasteiger partial charge on any atom is -0.302 e. The first-order valence-corrected chi connectivity index (χ1v) is 6.20. The van der Waals surface area contributed by atoms with Crippen molar-refractivity contribution in [2.75, 3.05) is 12.0 Å². The fraction of sp³-hybridized carbons (Fsp3) is 0.300. The average Bonchev–Trinajstić information content (AvgIpc) is 2.17. The Morgan fingerprint density at radius 1 is 1.46 bits per heavy atom. The van der Waals surface area contributed by atoms with Crippen LogP contribution in [0.1, 0.15) is 5.56 Å². The van der Waals surface area contributed by atoms with Crippen LogP contribution in [0.4, 0.5) is 0 Å². The minimum atomic E-state index is 0.540. The zero-order valence-electron chi connectivity index (χ0n) is 7.74. The molecule has 0 saturated carbocycles. The highest BCUT2D eigenvalue weighted by Gasteiger charge is 1.99. The fourth-order valence-electron chi connectivity index (χ4n) is 0.987. The van der Waals surface area contributed by atoms with E-state index >= 15 is 0 Å². The zero-order valence-corrected chi connectivity index (χ0v) is 9.37. The van der Waals surface area contributed by atoms with Gasteiger partial charge in [0.15, 0.2) is 0 Å². The van der Waals surface area contributed by atoms with Gasteiger partial charge in [-0.15, -0.1) is 23.5 Å². The van der Waals surface area contributed by atoms with E-state index in [0.29, 0.717) is 5.75 Å². The SMILES string of the molecule is CSc1ccc(C)c(SCC=O)c1. The molecule has 0 spiro atoms. The van der Waals surface area contributed by atoms with Gasteiger partial charge in [0.2, 0.25) is 0 Å². The molecular weight excluding hydrogens is 200 g/mol. The summed E-state index contributed by atoms with van der Waals surface area (Å²) in [6.45, 7) is 2.07. The highest BCUT2D eigenvalue weighted by molar-refractivity contribution is 8.00. The van der Waals surface area contributed by atoms with Crippen molar-refractivity contribution >= 4 is 29.8 Å². The molecule has 0 atom stereocenters. The first kappa shape index (κ1) is 10.7. The van der Waals surface area contributed by atoms with E-state index in [0.717, 1.165) is 6.29 Å². The summed E-state index contributed by atoms with van der Waals surface area (Å²) in [6, 6.07) is 6.33. The molecule has 0 aliphatic carbocycles. The number of rotatable bonds is 4. The van der Waals surface area contributed by atoms with Crippen LogP contribution in [0.2, 0.25) is 0 Å². The Balaban J connectivity index is 2.83. The van der Waals surface area contributed by atoms with Crippen molar-refractivity contribution in [3.63, 3.8) is 0 Å². The highest BCUT2D eigenvalue weighted by atomic mass is 32.2. The predicted octanol–water partition coefficient (Wildman–Crippen LogP) is 3.01. The van der Waals surface area contributed by atoms with Crippen LogP contribution in [0.3, 0.4) is 0 Å². The second kappa shape index (κ2) is 5.35. The first-order chi connectivity index (χ1) is 6.27. The standard InChI is InChI=1S/C10H12OS2/c1-8-3-4-9(12-2)7-10(8)13-6-5-11/h3-5,7H,6H2,1-2H3. The summed E-state index contributed by atoms with van der Waals surface area (Å²) in [7, 11) is 0. The van der Waals surface area contributed by atoms with Crippen LogP contribution >= 0.6 is 23.5 Å². The molecular formula is C10H12OS2. The van der Waals surface area contributed by atoms with E-state index in [1.54, 1.807) is 23.5 Å². The van der Waals surface area contributed by atoms with Gasteiger partial charge in [0.05, 0.1) is 5.75 Å². The van der Waals surface area contributed by atoms with Gasteiger partial charge in [0, 0.05) is 9.79 Å². The Hall–Kier alpha value is -0.410. The summed E-state index contributed by atoms with van der Waals surface area (Å²) < 4.78 is 0. The normalized spacial score (nSPS) is 10.0. The quantitative estimate of drug-likeness (QED) is 0.564. The summed E-state index contributed by atoms with van der Waals surface area (Å²) in [5.74, 6) is 0.540. The summed E-state index contributed by atoms with van der Waals surface area (Å²) in [4.78, 5) is 12.7. The van der Waals surface area contributed by atoms with Gasteiger partial charge in [-0.05, 0) is 30.9 Å². The third kappa shape index (κ3) is 3.08. The van der Waals surface area contributed by atoms with Gasteiger partial charge in [-0.1, -0.05) is 6.07 Å². The number of thioether (sulfide) groups is 2. The lowest BCUT2D eigenvalue weighted by Crippen LogP contribution is -1.84. The van der Waals surface area contributed by atoms with E-state index in [1.807, 2.05) is 0 Å². The second-order valence-corrected chi connectivity index (χ2v) is 4.55. The van der Waals surface area contributed by atoms with Gasteiger partial charge in [0.1, 0.15) is 6.29 Å². The Morgan fingerprint density at radius 3 is 2.85 bits per heavy atom. The molecule has 0 saturated heterocycles. The van der Waals surface area contributed by atoms with E-state index in [4.69, 9.17) is 0 Å². The van der Waals surface area contributed by atoms with Crippen LogP contribution in [0.15, 0.2) is 28.0 Å². The number of aryl methyl sites for hydroxylation is 1. The van der Waals surface area contributed by atoms with Gasteiger partial charge in [0.25, 0.3) is 0 Å². The third-order valence-corrected chi connectivity index (χ3v) is 3.48. The predicted molar refractivity (Wildman–Crippen MR) is 59.7 cm³/mol. The van der Waals surface area contributed by atoms with Crippen LogP contribution < -0.4 is 0 Å². The lowest BCUT2D eigenvalue weighted by molar-refractivity contribution is -0.105. The maximum absolute atomic E-state index is 10.2. The Morgan fingerprint density at radius 2 is 2.23 bits per heavy atom. The van der Waals surface area contributed by atoms with Crippen molar-refractivity contribution in [2.24, 2.45) is 0 Å². The maximum Gasteiger partial charge on any atom is 0.130 e. The van der Waals surface area contributed by atoms with Crippen molar-refractivity contribution in [3.05, 3.63) is 23.8 Å². The molecule has 1 rings (SSSR count). The summed E-state index contributed by atoms with van der Waals surface area (Å²) >= 11 is 3.32. The third-order valence-electron chi connectivity index (χ3n) is 1.70. The molecule has 0 N–H and O–H groups in total. The van der Waals surface area contributed by atoms with E-state index in [-0.39, 0.29) is 0 Å². The monoisotopic (exact) mass is 212 g/mol. The van der Waals surface area contributed by atoms with Crippen LogP contribution in [0, 0.1) is 6.92 Å². The van der Waals surface area contributed by atoms with Crippen molar-refractivity contribution in [2.45, 2.75) is 16.7 Å². The van der Waals surface area contributed by atoms with Gasteiger partial charge in [-0.2, -0.15) is 0 Å². The van der Waals surface area contributed by atoms with E-state index in [9.17, 15) is 4.79 Å². The Labute approximate surface area is 87.3 Å².